The lowest BCUT2D eigenvalue weighted by atomic mass is 9.72. The molecule has 0 bridgehead atoms. The maximum absolute atomic E-state index is 12.9. The highest BCUT2D eigenvalue weighted by atomic mass is 32.3. The van der Waals surface area contributed by atoms with Gasteiger partial charge in [-0.25, -0.2) is 0 Å². The maximum atomic E-state index is 12.9. The van der Waals surface area contributed by atoms with Crippen molar-refractivity contribution in [3.63, 3.8) is 0 Å². The largest absolute Gasteiger partial charge is 0.461 e. The summed E-state index contributed by atoms with van der Waals surface area (Å²) in [6.07, 6.45) is 6.25. The fourth-order valence-electron chi connectivity index (χ4n) is 3.23. The van der Waals surface area contributed by atoms with Crippen LogP contribution in [-0.2, 0) is 19.8 Å². The number of carbonyl (C=O) groups excluding carboxylic acids is 1. The number of hydrogen-bond acceptors (Lipinski definition) is 4. The first-order chi connectivity index (χ1) is 8.41. The Balaban J connectivity index is 2.17. The van der Waals surface area contributed by atoms with E-state index in [0.29, 0.717) is 0 Å². The number of rotatable bonds is 2. The summed E-state index contributed by atoms with van der Waals surface area (Å²) in [5, 5.41) is 0. The normalized spacial score (nSPS) is 28.7. The second-order valence-electron chi connectivity index (χ2n) is 5.49. The summed E-state index contributed by atoms with van der Waals surface area (Å²) in [6, 6.07) is 0. The lowest BCUT2D eigenvalue weighted by Gasteiger charge is -2.33. The molecule has 6 heteroatoms. The summed E-state index contributed by atoms with van der Waals surface area (Å²) in [6.45, 7) is 0. The lowest BCUT2D eigenvalue weighted by molar-refractivity contribution is -0.141. The first kappa shape index (κ1) is 13.8. The average molecular weight is 278 g/mol. The summed E-state index contributed by atoms with van der Waals surface area (Å²) in [5.74, 6) is -1.07. The van der Waals surface area contributed by atoms with Gasteiger partial charge in [-0.2, -0.15) is 8.42 Å². The molecule has 2 fully saturated rings. The molecule has 1 atom stereocenters. The van der Waals surface area contributed by atoms with Crippen LogP contribution in [0.2, 0.25) is 0 Å². The van der Waals surface area contributed by atoms with E-state index in [1.54, 1.807) is 0 Å². The van der Waals surface area contributed by atoms with E-state index in [9.17, 15) is 17.1 Å². The third kappa shape index (κ3) is 3.22. The topological polar surface area (TPSA) is 60.4 Å². The number of esters is 1. The molecule has 2 rings (SSSR count). The SMILES string of the molecule is O=C1CC2(CCCCCCC2)C(CS(=O)(=O)F)O1. The Bertz CT molecular complexity index is 410. The molecule has 1 saturated carbocycles. The standard InChI is InChI=1S/C12H19FO4S/c13-18(15,16)9-10-12(8-11(14)17-10)6-4-2-1-3-5-7-12/h10H,1-9H2. The minimum absolute atomic E-state index is 0.243. The quantitative estimate of drug-likeness (QED) is 0.574. The van der Waals surface area contributed by atoms with Crippen LogP contribution in [0.4, 0.5) is 3.89 Å². The van der Waals surface area contributed by atoms with Crippen LogP contribution in [0.25, 0.3) is 0 Å². The molecular formula is C12H19FO4S. The zero-order chi connectivity index (χ0) is 13.2. The Morgan fingerprint density at radius 1 is 1.17 bits per heavy atom. The van der Waals surface area contributed by atoms with Crippen molar-refractivity contribution < 1.29 is 21.8 Å². The highest BCUT2D eigenvalue weighted by Crippen LogP contribution is 2.46. The summed E-state index contributed by atoms with van der Waals surface area (Å²) in [4.78, 5) is 11.5. The van der Waals surface area contributed by atoms with Gasteiger partial charge >= 0.3 is 16.2 Å². The first-order valence-corrected chi connectivity index (χ1v) is 8.08. The van der Waals surface area contributed by atoms with E-state index in [0.717, 1.165) is 38.5 Å². The highest BCUT2D eigenvalue weighted by Gasteiger charge is 2.49. The van der Waals surface area contributed by atoms with Gasteiger partial charge in [-0.1, -0.05) is 32.1 Å². The molecule has 2 aliphatic rings. The number of carbonyl (C=O) groups is 1. The predicted octanol–water partition coefficient (Wildman–Crippen LogP) is 2.33. The number of hydrogen-bond donors (Lipinski definition) is 0. The zero-order valence-electron chi connectivity index (χ0n) is 10.4. The van der Waals surface area contributed by atoms with Crippen molar-refractivity contribution in [3.05, 3.63) is 0 Å². The van der Waals surface area contributed by atoms with E-state index in [-0.39, 0.29) is 12.4 Å². The van der Waals surface area contributed by atoms with Crippen molar-refractivity contribution in [2.24, 2.45) is 5.41 Å². The average Bonchev–Trinajstić information content (AvgIpc) is 2.47. The Morgan fingerprint density at radius 2 is 1.72 bits per heavy atom. The first-order valence-electron chi connectivity index (χ1n) is 6.53. The molecule has 1 heterocycles. The van der Waals surface area contributed by atoms with Gasteiger partial charge in [-0.3, -0.25) is 4.79 Å². The van der Waals surface area contributed by atoms with Crippen molar-refractivity contribution in [2.45, 2.75) is 57.5 Å². The van der Waals surface area contributed by atoms with Crippen LogP contribution in [-0.4, -0.2) is 26.2 Å². The molecule has 4 nitrogen and oxygen atoms in total. The molecule has 0 aromatic rings. The van der Waals surface area contributed by atoms with Gasteiger partial charge in [-0.05, 0) is 12.8 Å². The monoisotopic (exact) mass is 278 g/mol. The van der Waals surface area contributed by atoms with Crippen molar-refractivity contribution >= 4 is 16.2 Å². The van der Waals surface area contributed by atoms with Crippen LogP contribution in [0.1, 0.15) is 51.4 Å². The summed E-state index contributed by atoms with van der Waals surface area (Å²) < 4.78 is 39.6. The summed E-state index contributed by atoms with van der Waals surface area (Å²) in [5.41, 5.74) is -0.448. The number of cyclic esters (lactones) is 1. The van der Waals surface area contributed by atoms with Crippen molar-refractivity contribution in [1.82, 2.24) is 0 Å². The molecule has 1 aliphatic carbocycles. The van der Waals surface area contributed by atoms with Gasteiger partial charge in [0.05, 0.1) is 6.42 Å². The smallest absolute Gasteiger partial charge is 0.306 e. The Labute approximate surface area is 107 Å². The molecule has 1 unspecified atom stereocenters. The minimum atomic E-state index is -4.60. The third-order valence-corrected chi connectivity index (χ3v) is 4.85. The molecule has 18 heavy (non-hydrogen) atoms. The fourth-order valence-corrected chi connectivity index (χ4v) is 4.01. The second kappa shape index (κ2) is 5.15. The number of ether oxygens (including phenoxy) is 1. The van der Waals surface area contributed by atoms with Gasteiger partial charge in [0.15, 0.2) is 0 Å². The molecule has 0 aromatic heterocycles. The summed E-state index contributed by atoms with van der Waals surface area (Å²) in [7, 11) is -4.60. The van der Waals surface area contributed by atoms with Crippen LogP contribution in [0.5, 0.6) is 0 Å². The van der Waals surface area contributed by atoms with Gasteiger partial charge in [0, 0.05) is 5.41 Å². The van der Waals surface area contributed by atoms with E-state index in [1.807, 2.05) is 0 Å². The lowest BCUT2D eigenvalue weighted by Crippen LogP contribution is -2.36. The van der Waals surface area contributed by atoms with Crippen LogP contribution >= 0.6 is 0 Å². The van der Waals surface area contributed by atoms with Crippen molar-refractivity contribution in [3.8, 4) is 0 Å². The zero-order valence-corrected chi connectivity index (χ0v) is 11.2. The Hall–Kier alpha value is -0.650. The van der Waals surface area contributed by atoms with E-state index in [1.165, 1.54) is 6.42 Å². The molecule has 104 valence electrons. The van der Waals surface area contributed by atoms with Crippen LogP contribution in [0, 0.1) is 5.41 Å². The molecule has 0 N–H and O–H groups in total. The predicted molar refractivity (Wildman–Crippen MR) is 64.1 cm³/mol. The van der Waals surface area contributed by atoms with E-state index >= 15 is 0 Å². The van der Waals surface area contributed by atoms with Crippen LogP contribution < -0.4 is 0 Å². The fraction of sp³-hybridized carbons (Fsp3) is 0.917. The summed E-state index contributed by atoms with van der Waals surface area (Å²) >= 11 is 0. The minimum Gasteiger partial charge on any atom is -0.461 e. The third-order valence-electron chi connectivity index (χ3n) is 4.15. The van der Waals surface area contributed by atoms with Crippen molar-refractivity contribution in [2.75, 3.05) is 5.75 Å². The van der Waals surface area contributed by atoms with Gasteiger partial charge < -0.3 is 4.74 Å². The van der Waals surface area contributed by atoms with Crippen molar-refractivity contribution in [1.29, 1.82) is 0 Å². The van der Waals surface area contributed by atoms with E-state index < -0.39 is 27.5 Å². The Kier molecular flexibility index (Phi) is 3.94. The molecule has 0 aromatic carbocycles. The van der Waals surface area contributed by atoms with Gasteiger partial charge in [0.2, 0.25) is 0 Å². The molecule has 1 spiro atoms. The molecule has 0 radical (unpaired) electrons. The van der Waals surface area contributed by atoms with Gasteiger partial charge in [0.1, 0.15) is 11.9 Å². The Morgan fingerprint density at radius 3 is 2.28 bits per heavy atom. The molecular weight excluding hydrogens is 259 g/mol. The molecule has 0 amide bonds. The number of halogens is 1. The maximum Gasteiger partial charge on any atom is 0.306 e. The van der Waals surface area contributed by atoms with E-state index in [2.05, 4.69) is 0 Å². The van der Waals surface area contributed by atoms with Crippen LogP contribution in [0.3, 0.4) is 0 Å². The second-order valence-corrected chi connectivity index (χ2v) is 6.90. The molecule has 1 saturated heterocycles. The van der Waals surface area contributed by atoms with Gasteiger partial charge in [0.25, 0.3) is 0 Å². The molecule has 1 aliphatic heterocycles. The van der Waals surface area contributed by atoms with Crippen LogP contribution in [0.15, 0.2) is 0 Å². The van der Waals surface area contributed by atoms with E-state index in [4.69, 9.17) is 4.74 Å². The van der Waals surface area contributed by atoms with Gasteiger partial charge in [-0.15, -0.1) is 3.89 Å². The highest BCUT2D eigenvalue weighted by molar-refractivity contribution is 7.86.